The lowest BCUT2D eigenvalue weighted by Crippen LogP contribution is -2.17. The standard InChI is InChI=1S/C24H26N4O3/c1-24(2,3)18-8-7-15(10-21(18)28-23(30)31)20-12-22(26-13-25-20)27-19-6-4-5-14-9-16(29)11-17(14)19/h4-8,10,12-13,16,28-29H,9,11H2,1-3H3,(H,30,31)(H,25,26,27). The molecule has 7 nitrogen and oxygen atoms in total. The minimum absolute atomic E-state index is 0.215. The third kappa shape index (κ3) is 4.51. The van der Waals surface area contributed by atoms with Gasteiger partial charge in [0.25, 0.3) is 0 Å². The van der Waals surface area contributed by atoms with Crippen LogP contribution in [0.25, 0.3) is 11.3 Å². The van der Waals surface area contributed by atoms with E-state index in [0.29, 0.717) is 30.0 Å². The van der Waals surface area contributed by atoms with Crippen LogP contribution >= 0.6 is 0 Å². The molecule has 1 aliphatic rings. The highest BCUT2D eigenvalue weighted by Gasteiger charge is 2.22. The summed E-state index contributed by atoms with van der Waals surface area (Å²) >= 11 is 0. The second-order valence-corrected chi connectivity index (χ2v) is 8.86. The van der Waals surface area contributed by atoms with Gasteiger partial charge in [-0.25, -0.2) is 14.8 Å². The third-order valence-electron chi connectivity index (χ3n) is 5.46. The van der Waals surface area contributed by atoms with Crippen LogP contribution in [0.5, 0.6) is 0 Å². The van der Waals surface area contributed by atoms with Gasteiger partial charge in [-0.05, 0) is 40.7 Å². The lowest BCUT2D eigenvalue weighted by molar-refractivity contribution is 0.187. The number of hydrogen-bond acceptors (Lipinski definition) is 5. The van der Waals surface area contributed by atoms with Crippen molar-refractivity contribution in [1.29, 1.82) is 0 Å². The number of carbonyl (C=O) groups is 1. The van der Waals surface area contributed by atoms with E-state index in [9.17, 15) is 15.0 Å². The Bertz CT molecular complexity index is 1140. The zero-order chi connectivity index (χ0) is 22.2. The quantitative estimate of drug-likeness (QED) is 0.488. The molecular weight excluding hydrogens is 392 g/mol. The number of anilines is 3. The van der Waals surface area contributed by atoms with Gasteiger partial charge in [0.2, 0.25) is 0 Å². The third-order valence-corrected chi connectivity index (χ3v) is 5.46. The fourth-order valence-corrected chi connectivity index (χ4v) is 4.04. The number of benzene rings is 2. The number of nitrogens with one attached hydrogen (secondary N) is 2. The van der Waals surface area contributed by atoms with Crippen LogP contribution in [0.15, 0.2) is 48.8 Å². The first kappa shape index (κ1) is 20.8. The highest BCUT2D eigenvalue weighted by Crippen LogP contribution is 2.34. The molecule has 2 aromatic carbocycles. The number of nitrogens with zero attached hydrogens (tertiary/aromatic N) is 2. The van der Waals surface area contributed by atoms with Gasteiger partial charge in [0.15, 0.2) is 0 Å². The SMILES string of the molecule is CC(C)(C)c1ccc(-c2cc(Nc3cccc4c3CC(O)C4)ncn2)cc1NC(=O)O. The number of hydrogen-bond donors (Lipinski definition) is 4. The zero-order valence-corrected chi connectivity index (χ0v) is 17.8. The molecule has 0 aliphatic heterocycles. The summed E-state index contributed by atoms with van der Waals surface area (Å²) in [5.41, 5.74) is 5.88. The fourth-order valence-electron chi connectivity index (χ4n) is 4.04. The highest BCUT2D eigenvalue weighted by molar-refractivity contribution is 5.86. The summed E-state index contributed by atoms with van der Waals surface area (Å²) in [5.74, 6) is 0.632. The fraction of sp³-hybridized carbons (Fsp3) is 0.292. The van der Waals surface area contributed by atoms with E-state index in [-0.39, 0.29) is 11.5 Å². The molecule has 160 valence electrons. The Morgan fingerprint density at radius 2 is 1.87 bits per heavy atom. The average Bonchev–Trinajstić information content (AvgIpc) is 3.08. The molecule has 1 aliphatic carbocycles. The molecule has 0 saturated carbocycles. The number of amides is 1. The van der Waals surface area contributed by atoms with Crippen molar-refractivity contribution in [3.63, 3.8) is 0 Å². The maximum absolute atomic E-state index is 11.3. The zero-order valence-electron chi connectivity index (χ0n) is 17.8. The summed E-state index contributed by atoms with van der Waals surface area (Å²) in [4.78, 5) is 20.0. The Kier molecular flexibility index (Phi) is 5.37. The lowest BCUT2D eigenvalue weighted by atomic mass is 9.85. The predicted molar refractivity (Wildman–Crippen MR) is 121 cm³/mol. The Morgan fingerprint density at radius 1 is 1.06 bits per heavy atom. The summed E-state index contributed by atoms with van der Waals surface area (Å²) in [6, 6.07) is 13.5. The second kappa shape index (κ2) is 8.00. The topological polar surface area (TPSA) is 107 Å². The second-order valence-electron chi connectivity index (χ2n) is 8.86. The molecule has 1 aromatic heterocycles. The van der Waals surface area contributed by atoms with E-state index in [0.717, 1.165) is 27.9 Å². The van der Waals surface area contributed by atoms with Gasteiger partial charge >= 0.3 is 6.09 Å². The van der Waals surface area contributed by atoms with Crippen LogP contribution in [0.4, 0.5) is 22.0 Å². The molecule has 0 bridgehead atoms. The van der Waals surface area contributed by atoms with E-state index in [4.69, 9.17) is 0 Å². The Balaban J connectivity index is 1.66. The first-order chi connectivity index (χ1) is 14.7. The van der Waals surface area contributed by atoms with Gasteiger partial charge in [-0.3, -0.25) is 5.32 Å². The summed E-state index contributed by atoms with van der Waals surface area (Å²) in [6.45, 7) is 6.12. The number of carboxylic acid groups (broad SMARTS) is 1. The molecule has 4 N–H and O–H groups in total. The van der Waals surface area contributed by atoms with E-state index in [1.807, 2.05) is 57.2 Å². The van der Waals surface area contributed by atoms with Crippen LogP contribution < -0.4 is 10.6 Å². The van der Waals surface area contributed by atoms with Crippen molar-refractivity contribution < 1.29 is 15.0 Å². The largest absolute Gasteiger partial charge is 0.465 e. The highest BCUT2D eigenvalue weighted by atomic mass is 16.4. The molecule has 1 heterocycles. The minimum Gasteiger partial charge on any atom is -0.465 e. The predicted octanol–water partition coefficient (Wildman–Crippen LogP) is 4.73. The van der Waals surface area contributed by atoms with Crippen molar-refractivity contribution in [3.8, 4) is 11.3 Å². The number of aliphatic hydroxyl groups excluding tert-OH is 1. The number of aromatic nitrogens is 2. The van der Waals surface area contributed by atoms with Crippen LogP contribution in [-0.2, 0) is 18.3 Å². The molecule has 0 spiro atoms. The van der Waals surface area contributed by atoms with Gasteiger partial charge in [-0.15, -0.1) is 0 Å². The molecule has 7 heteroatoms. The molecular formula is C24H26N4O3. The van der Waals surface area contributed by atoms with E-state index >= 15 is 0 Å². The number of aliphatic hydroxyl groups is 1. The molecule has 0 fully saturated rings. The van der Waals surface area contributed by atoms with Gasteiger partial charge in [0.05, 0.1) is 11.8 Å². The Hall–Kier alpha value is -3.45. The van der Waals surface area contributed by atoms with Gasteiger partial charge in [0.1, 0.15) is 12.1 Å². The number of fused-ring (bicyclic) bond motifs is 1. The van der Waals surface area contributed by atoms with Crippen LogP contribution in [-0.4, -0.2) is 32.4 Å². The smallest absolute Gasteiger partial charge is 0.409 e. The van der Waals surface area contributed by atoms with Crippen LogP contribution in [0.2, 0.25) is 0 Å². The molecule has 3 aromatic rings. The Labute approximate surface area is 181 Å². The summed E-state index contributed by atoms with van der Waals surface area (Å²) in [6.07, 6.45) is 1.32. The van der Waals surface area contributed by atoms with Crippen LogP contribution in [0.3, 0.4) is 0 Å². The van der Waals surface area contributed by atoms with E-state index in [1.54, 1.807) is 6.07 Å². The summed E-state index contributed by atoms with van der Waals surface area (Å²) in [7, 11) is 0. The monoisotopic (exact) mass is 418 g/mol. The minimum atomic E-state index is -1.10. The van der Waals surface area contributed by atoms with Crippen molar-refractivity contribution in [1.82, 2.24) is 9.97 Å². The van der Waals surface area contributed by atoms with Crippen LogP contribution in [0.1, 0.15) is 37.5 Å². The van der Waals surface area contributed by atoms with E-state index < -0.39 is 6.09 Å². The van der Waals surface area contributed by atoms with Gasteiger partial charge in [0, 0.05) is 29.4 Å². The molecule has 1 amide bonds. The number of rotatable bonds is 4. The normalized spacial score (nSPS) is 15.4. The maximum Gasteiger partial charge on any atom is 0.409 e. The molecule has 1 unspecified atom stereocenters. The van der Waals surface area contributed by atoms with Crippen molar-refractivity contribution in [3.05, 3.63) is 65.5 Å². The van der Waals surface area contributed by atoms with E-state index in [2.05, 4.69) is 20.6 Å². The van der Waals surface area contributed by atoms with Gasteiger partial charge in [-0.1, -0.05) is 45.0 Å². The first-order valence-electron chi connectivity index (χ1n) is 10.2. The molecule has 0 saturated heterocycles. The average molecular weight is 418 g/mol. The summed E-state index contributed by atoms with van der Waals surface area (Å²) < 4.78 is 0. The van der Waals surface area contributed by atoms with Gasteiger partial charge < -0.3 is 15.5 Å². The van der Waals surface area contributed by atoms with Crippen molar-refractivity contribution in [2.24, 2.45) is 0 Å². The van der Waals surface area contributed by atoms with Crippen molar-refractivity contribution >= 4 is 23.3 Å². The Morgan fingerprint density at radius 3 is 2.61 bits per heavy atom. The summed E-state index contributed by atoms with van der Waals surface area (Å²) in [5, 5.41) is 25.1. The molecule has 31 heavy (non-hydrogen) atoms. The van der Waals surface area contributed by atoms with Crippen molar-refractivity contribution in [2.75, 3.05) is 10.6 Å². The van der Waals surface area contributed by atoms with Gasteiger partial charge in [-0.2, -0.15) is 0 Å². The molecule has 1 atom stereocenters. The first-order valence-corrected chi connectivity index (χ1v) is 10.2. The van der Waals surface area contributed by atoms with Crippen molar-refractivity contribution in [2.45, 2.75) is 45.1 Å². The molecule has 0 radical (unpaired) electrons. The lowest BCUT2D eigenvalue weighted by Gasteiger charge is -2.23. The molecule has 4 rings (SSSR count). The van der Waals surface area contributed by atoms with Crippen LogP contribution in [0, 0.1) is 0 Å². The van der Waals surface area contributed by atoms with E-state index in [1.165, 1.54) is 6.33 Å². The maximum atomic E-state index is 11.3.